The van der Waals surface area contributed by atoms with Crippen LogP contribution in [0.4, 0.5) is 0 Å². The fourth-order valence-corrected chi connectivity index (χ4v) is 3.20. The van der Waals surface area contributed by atoms with E-state index in [-0.39, 0.29) is 35.6 Å². The van der Waals surface area contributed by atoms with Crippen LogP contribution >= 0.6 is 0 Å². The van der Waals surface area contributed by atoms with Crippen LogP contribution < -0.4 is 9.47 Å². The molecule has 2 aromatic rings. The highest BCUT2D eigenvalue weighted by molar-refractivity contribution is 5.99. The van der Waals surface area contributed by atoms with Crippen molar-refractivity contribution in [1.29, 1.82) is 0 Å². The smallest absolute Gasteiger partial charge is 0.309 e. The number of esters is 1. The summed E-state index contributed by atoms with van der Waals surface area (Å²) in [6.45, 7) is 7.42. The Kier molecular flexibility index (Phi) is 7.80. The minimum Gasteiger partial charge on any atom is -0.503 e. The monoisotopic (exact) mass is 415 g/mol. The van der Waals surface area contributed by atoms with Crippen molar-refractivity contribution in [3.63, 3.8) is 0 Å². The second kappa shape index (κ2) is 10.1. The van der Waals surface area contributed by atoms with E-state index >= 15 is 0 Å². The van der Waals surface area contributed by atoms with Crippen LogP contribution in [0.5, 0.6) is 17.2 Å². The molecule has 1 N–H and O–H groups in total. The van der Waals surface area contributed by atoms with Gasteiger partial charge in [-0.3, -0.25) is 9.59 Å². The first-order chi connectivity index (χ1) is 14.2. The van der Waals surface area contributed by atoms with Gasteiger partial charge in [-0.25, -0.2) is 4.98 Å². The molecule has 0 radical (unpaired) electrons. The molecule has 30 heavy (non-hydrogen) atoms. The molecular formula is C23H29NO6. The van der Waals surface area contributed by atoms with Crippen LogP contribution in [-0.2, 0) is 9.53 Å². The molecule has 1 heterocycles. The van der Waals surface area contributed by atoms with Crippen LogP contribution in [0.15, 0.2) is 30.5 Å². The molecule has 7 nitrogen and oxygen atoms in total. The Morgan fingerprint density at radius 3 is 2.40 bits per heavy atom. The maximum Gasteiger partial charge on any atom is 0.309 e. The average Bonchev–Trinajstić information content (AvgIpc) is 2.72. The predicted molar refractivity (Wildman–Crippen MR) is 112 cm³/mol. The first-order valence-electron chi connectivity index (χ1n) is 9.79. The largest absolute Gasteiger partial charge is 0.503 e. The molecule has 0 unspecified atom stereocenters. The molecule has 0 aliphatic rings. The molecule has 0 aliphatic heterocycles. The summed E-state index contributed by atoms with van der Waals surface area (Å²) in [4.78, 5) is 29.0. The number of Topliss-reactive ketones (excluding diaryl/α,β-unsaturated/α-hetero) is 1. The quantitative estimate of drug-likeness (QED) is 0.487. The molecule has 1 aromatic carbocycles. The van der Waals surface area contributed by atoms with Gasteiger partial charge in [-0.1, -0.05) is 19.9 Å². The van der Waals surface area contributed by atoms with Crippen molar-refractivity contribution in [3.8, 4) is 17.2 Å². The van der Waals surface area contributed by atoms with E-state index in [4.69, 9.17) is 14.2 Å². The van der Waals surface area contributed by atoms with Gasteiger partial charge in [-0.2, -0.15) is 0 Å². The van der Waals surface area contributed by atoms with Gasteiger partial charge in [-0.15, -0.1) is 0 Å². The molecule has 162 valence electrons. The number of benzene rings is 1. The zero-order valence-corrected chi connectivity index (χ0v) is 18.3. The molecule has 0 saturated heterocycles. The maximum atomic E-state index is 12.5. The maximum absolute atomic E-state index is 12.5. The zero-order valence-electron chi connectivity index (χ0n) is 18.3. The number of carbonyl (C=O) groups is 2. The molecule has 0 spiro atoms. The van der Waals surface area contributed by atoms with Crippen molar-refractivity contribution >= 4 is 11.8 Å². The number of ketones is 1. The van der Waals surface area contributed by atoms with Crippen LogP contribution in [0.3, 0.4) is 0 Å². The minimum absolute atomic E-state index is 0.0353. The van der Waals surface area contributed by atoms with Crippen molar-refractivity contribution in [2.24, 2.45) is 5.92 Å². The van der Waals surface area contributed by atoms with E-state index in [1.54, 1.807) is 14.0 Å². The summed E-state index contributed by atoms with van der Waals surface area (Å²) < 4.78 is 15.8. The highest BCUT2D eigenvalue weighted by Gasteiger charge is 2.27. The summed E-state index contributed by atoms with van der Waals surface area (Å²) in [5, 5.41) is 10.1. The van der Waals surface area contributed by atoms with Crippen molar-refractivity contribution in [3.05, 3.63) is 47.3 Å². The Labute approximate surface area is 177 Å². The molecule has 0 amide bonds. The number of carbonyl (C=O) groups excluding carboxylic acids is 2. The number of nitrogens with zero attached hydrogens (tertiary/aromatic N) is 1. The molecule has 2 rings (SSSR count). The number of aromatic nitrogens is 1. The van der Waals surface area contributed by atoms with Gasteiger partial charge >= 0.3 is 5.97 Å². The lowest BCUT2D eigenvalue weighted by Crippen LogP contribution is -2.26. The Balaban J connectivity index is 2.02. The Hall–Kier alpha value is -3.09. The molecule has 1 aromatic heterocycles. The lowest BCUT2D eigenvalue weighted by atomic mass is 9.92. The van der Waals surface area contributed by atoms with E-state index < -0.39 is 17.7 Å². The third-order valence-electron chi connectivity index (χ3n) is 5.24. The molecule has 0 saturated carbocycles. The van der Waals surface area contributed by atoms with Crippen LogP contribution in [0.25, 0.3) is 0 Å². The standard InChI is InChI=1S/C23H29NO6/c1-13-11-17(28-5)7-8-18(13)15(3)16(4)30-23(27)14(2)12-19(25)21-22(26)20(29-6)9-10-24-21/h7-11,14-16,26H,12H2,1-6H3/t14-,15-,16+/m1/s1. The minimum atomic E-state index is -0.684. The van der Waals surface area contributed by atoms with E-state index in [0.717, 1.165) is 16.9 Å². The Morgan fingerprint density at radius 1 is 1.10 bits per heavy atom. The number of rotatable bonds is 9. The third-order valence-corrected chi connectivity index (χ3v) is 5.24. The second-order valence-electron chi connectivity index (χ2n) is 7.39. The van der Waals surface area contributed by atoms with Gasteiger partial charge in [0.15, 0.2) is 23.0 Å². The van der Waals surface area contributed by atoms with E-state index in [1.807, 2.05) is 39.0 Å². The first kappa shape index (κ1) is 23.2. The fraction of sp³-hybridized carbons (Fsp3) is 0.435. The summed E-state index contributed by atoms with van der Waals surface area (Å²) in [6.07, 6.45) is 0.857. The Bertz CT molecular complexity index is 911. The number of hydrogen-bond acceptors (Lipinski definition) is 7. The van der Waals surface area contributed by atoms with E-state index in [0.29, 0.717) is 0 Å². The topological polar surface area (TPSA) is 95.0 Å². The van der Waals surface area contributed by atoms with Gasteiger partial charge in [0.05, 0.1) is 20.1 Å². The number of ether oxygens (including phenoxy) is 3. The summed E-state index contributed by atoms with van der Waals surface area (Å²) in [5.74, 6) is -1.06. The number of pyridine rings is 1. The van der Waals surface area contributed by atoms with Crippen molar-refractivity contribution in [2.45, 2.75) is 46.1 Å². The number of hydrogen-bond donors (Lipinski definition) is 1. The van der Waals surface area contributed by atoms with Gasteiger partial charge < -0.3 is 19.3 Å². The van der Waals surface area contributed by atoms with Crippen LogP contribution in [0.1, 0.15) is 54.7 Å². The van der Waals surface area contributed by atoms with Gasteiger partial charge in [0.2, 0.25) is 0 Å². The highest BCUT2D eigenvalue weighted by Crippen LogP contribution is 2.30. The van der Waals surface area contributed by atoms with Gasteiger partial charge in [0.1, 0.15) is 11.9 Å². The Morgan fingerprint density at radius 2 is 1.80 bits per heavy atom. The third kappa shape index (κ3) is 5.28. The summed E-state index contributed by atoms with van der Waals surface area (Å²) in [6, 6.07) is 7.24. The lowest BCUT2D eigenvalue weighted by Gasteiger charge is -2.24. The van der Waals surface area contributed by atoms with E-state index in [2.05, 4.69) is 4.98 Å². The average molecular weight is 415 g/mol. The molecule has 0 fully saturated rings. The lowest BCUT2D eigenvalue weighted by molar-refractivity contribution is -0.153. The molecule has 0 bridgehead atoms. The molecule has 7 heteroatoms. The first-order valence-corrected chi connectivity index (χ1v) is 9.79. The number of methoxy groups -OCH3 is 2. The highest BCUT2D eigenvalue weighted by atomic mass is 16.5. The summed E-state index contributed by atoms with van der Waals surface area (Å²) in [5.41, 5.74) is 1.99. The van der Waals surface area contributed by atoms with Crippen LogP contribution in [0, 0.1) is 12.8 Å². The predicted octanol–water partition coefficient (Wildman–Crippen LogP) is 4.06. The number of aryl methyl sites for hydroxylation is 1. The van der Waals surface area contributed by atoms with E-state index in [9.17, 15) is 14.7 Å². The second-order valence-corrected chi connectivity index (χ2v) is 7.39. The molecule has 0 aliphatic carbocycles. The molecule has 3 atom stereocenters. The van der Waals surface area contributed by atoms with Crippen molar-refractivity contribution < 1.29 is 28.9 Å². The van der Waals surface area contributed by atoms with Gasteiger partial charge in [0, 0.05) is 24.6 Å². The fourth-order valence-electron chi connectivity index (χ4n) is 3.20. The zero-order chi connectivity index (χ0) is 22.4. The van der Waals surface area contributed by atoms with E-state index in [1.165, 1.54) is 19.4 Å². The number of aromatic hydroxyl groups is 1. The van der Waals surface area contributed by atoms with Crippen LogP contribution in [0.2, 0.25) is 0 Å². The van der Waals surface area contributed by atoms with Crippen molar-refractivity contribution in [2.75, 3.05) is 14.2 Å². The summed E-state index contributed by atoms with van der Waals surface area (Å²) >= 11 is 0. The normalized spacial score (nSPS) is 13.8. The van der Waals surface area contributed by atoms with Gasteiger partial charge in [-0.05, 0) is 37.1 Å². The van der Waals surface area contributed by atoms with Crippen LogP contribution in [-0.4, -0.2) is 42.2 Å². The molecular weight excluding hydrogens is 386 g/mol. The van der Waals surface area contributed by atoms with Crippen molar-refractivity contribution in [1.82, 2.24) is 4.98 Å². The summed E-state index contributed by atoms with van der Waals surface area (Å²) in [7, 11) is 3.00. The van der Waals surface area contributed by atoms with Gasteiger partial charge in [0.25, 0.3) is 0 Å². The SMILES string of the molecule is COc1ccc([C@H](C)[C@H](C)OC(=O)[C@H](C)CC(=O)c2nccc(OC)c2O)c(C)c1.